The molecule has 0 unspecified atom stereocenters. The molecule has 3 aromatic carbocycles. The SMILES string of the molecule is N#C/C(=C/c1cccc(Oc2ccc([N+](=O)[O-])cc2[N+](=O)[O-])c1)c1ccccc1. The van der Waals surface area contributed by atoms with Crippen LogP contribution in [-0.2, 0) is 0 Å². The van der Waals surface area contributed by atoms with E-state index >= 15 is 0 Å². The average Bonchev–Trinajstić information content (AvgIpc) is 2.73. The number of ether oxygens (including phenoxy) is 1. The topological polar surface area (TPSA) is 119 Å². The largest absolute Gasteiger partial charge is 0.450 e. The number of hydrogen-bond donors (Lipinski definition) is 0. The Kier molecular flexibility index (Phi) is 5.61. The van der Waals surface area contributed by atoms with E-state index < -0.39 is 21.2 Å². The van der Waals surface area contributed by atoms with Gasteiger partial charge in [0, 0.05) is 6.07 Å². The lowest BCUT2D eigenvalue weighted by atomic mass is 10.0. The van der Waals surface area contributed by atoms with E-state index in [0.29, 0.717) is 16.9 Å². The molecule has 0 radical (unpaired) electrons. The van der Waals surface area contributed by atoms with Gasteiger partial charge in [-0.3, -0.25) is 20.2 Å². The smallest absolute Gasteiger partial charge is 0.318 e. The molecule has 0 saturated heterocycles. The van der Waals surface area contributed by atoms with E-state index in [1.165, 1.54) is 6.07 Å². The van der Waals surface area contributed by atoms with Crippen LogP contribution in [-0.4, -0.2) is 9.85 Å². The Bertz CT molecular complexity index is 1150. The van der Waals surface area contributed by atoms with Gasteiger partial charge in [0.15, 0.2) is 0 Å². The number of rotatable bonds is 6. The quantitative estimate of drug-likeness (QED) is 0.243. The van der Waals surface area contributed by atoms with Crippen molar-refractivity contribution in [3.63, 3.8) is 0 Å². The molecule has 0 saturated carbocycles. The van der Waals surface area contributed by atoms with Crippen molar-refractivity contribution in [2.75, 3.05) is 0 Å². The summed E-state index contributed by atoms with van der Waals surface area (Å²) in [6, 6.07) is 21.1. The molecule has 0 aliphatic rings. The van der Waals surface area contributed by atoms with Gasteiger partial charge in [0.1, 0.15) is 5.75 Å². The molecular formula is C21H13N3O5. The van der Waals surface area contributed by atoms with Crippen LogP contribution < -0.4 is 4.74 Å². The van der Waals surface area contributed by atoms with Crippen LogP contribution in [0.2, 0.25) is 0 Å². The van der Waals surface area contributed by atoms with Crippen molar-refractivity contribution < 1.29 is 14.6 Å². The molecule has 0 spiro atoms. The van der Waals surface area contributed by atoms with Crippen molar-refractivity contribution in [1.82, 2.24) is 0 Å². The summed E-state index contributed by atoms with van der Waals surface area (Å²) in [6.07, 6.45) is 1.67. The first-order valence-electron chi connectivity index (χ1n) is 8.36. The molecule has 0 N–H and O–H groups in total. The molecule has 0 atom stereocenters. The van der Waals surface area contributed by atoms with Gasteiger partial charge in [-0.25, -0.2) is 0 Å². The van der Waals surface area contributed by atoms with Gasteiger partial charge in [-0.15, -0.1) is 0 Å². The molecule has 0 heterocycles. The second-order valence-electron chi connectivity index (χ2n) is 5.88. The number of hydrogen-bond acceptors (Lipinski definition) is 6. The number of allylic oxidation sites excluding steroid dienone is 1. The molecule has 0 aromatic heterocycles. The first-order valence-corrected chi connectivity index (χ1v) is 8.36. The van der Waals surface area contributed by atoms with Crippen LogP contribution >= 0.6 is 0 Å². The number of nitro groups is 2. The van der Waals surface area contributed by atoms with Crippen LogP contribution in [0.1, 0.15) is 11.1 Å². The summed E-state index contributed by atoms with van der Waals surface area (Å²) >= 11 is 0. The van der Waals surface area contributed by atoms with Crippen molar-refractivity contribution in [2.24, 2.45) is 0 Å². The summed E-state index contributed by atoms with van der Waals surface area (Å²) in [4.78, 5) is 20.6. The summed E-state index contributed by atoms with van der Waals surface area (Å²) in [5, 5.41) is 31.5. The number of nitro benzene ring substituents is 2. The molecule has 29 heavy (non-hydrogen) atoms. The third-order valence-electron chi connectivity index (χ3n) is 3.95. The number of benzene rings is 3. The highest BCUT2D eigenvalue weighted by atomic mass is 16.6. The highest BCUT2D eigenvalue weighted by Gasteiger charge is 2.21. The minimum absolute atomic E-state index is 0.120. The van der Waals surface area contributed by atoms with Crippen LogP contribution in [0.15, 0.2) is 72.8 Å². The van der Waals surface area contributed by atoms with Crippen LogP contribution in [0.5, 0.6) is 11.5 Å². The van der Waals surface area contributed by atoms with Crippen molar-refractivity contribution in [3.8, 4) is 17.6 Å². The average molecular weight is 387 g/mol. The normalized spacial score (nSPS) is 10.8. The van der Waals surface area contributed by atoms with Crippen molar-refractivity contribution in [3.05, 3.63) is 104 Å². The van der Waals surface area contributed by atoms with E-state index in [4.69, 9.17) is 4.74 Å². The van der Waals surface area contributed by atoms with Gasteiger partial charge in [0.2, 0.25) is 5.75 Å². The maximum atomic E-state index is 11.3. The summed E-state index contributed by atoms with van der Waals surface area (Å²) in [6.45, 7) is 0. The summed E-state index contributed by atoms with van der Waals surface area (Å²) in [5.41, 5.74) is 0.952. The van der Waals surface area contributed by atoms with E-state index in [-0.39, 0.29) is 5.75 Å². The molecule has 0 aliphatic carbocycles. The first-order chi connectivity index (χ1) is 14.0. The standard InChI is InChI=1S/C21H13N3O5/c22-14-17(16-6-2-1-3-7-16)11-15-5-4-8-19(12-15)29-21-10-9-18(23(25)26)13-20(21)24(27)28/h1-13H/b17-11-. The van der Waals surface area contributed by atoms with Gasteiger partial charge in [-0.1, -0.05) is 42.5 Å². The predicted octanol–water partition coefficient (Wildman–Crippen LogP) is 5.36. The minimum Gasteiger partial charge on any atom is -0.450 e. The molecule has 0 amide bonds. The zero-order chi connectivity index (χ0) is 20.8. The Morgan fingerprint density at radius 3 is 2.34 bits per heavy atom. The Balaban J connectivity index is 1.93. The summed E-state index contributed by atoms with van der Waals surface area (Å²) < 4.78 is 5.59. The van der Waals surface area contributed by atoms with Crippen LogP contribution in [0.3, 0.4) is 0 Å². The van der Waals surface area contributed by atoms with Gasteiger partial charge in [-0.2, -0.15) is 5.26 Å². The monoisotopic (exact) mass is 387 g/mol. The maximum absolute atomic E-state index is 11.3. The molecule has 0 aliphatic heterocycles. The highest BCUT2D eigenvalue weighted by Crippen LogP contribution is 2.34. The zero-order valence-electron chi connectivity index (χ0n) is 14.9. The summed E-state index contributed by atoms with van der Waals surface area (Å²) in [7, 11) is 0. The minimum atomic E-state index is -0.741. The molecule has 8 heteroatoms. The lowest BCUT2D eigenvalue weighted by Gasteiger charge is -2.07. The maximum Gasteiger partial charge on any atom is 0.318 e. The Hall–Kier alpha value is -4.51. The second-order valence-corrected chi connectivity index (χ2v) is 5.88. The summed E-state index contributed by atoms with van der Waals surface area (Å²) in [5.74, 6) is 0.173. The van der Waals surface area contributed by atoms with Gasteiger partial charge in [0.25, 0.3) is 5.69 Å². The molecule has 3 aromatic rings. The fourth-order valence-corrected chi connectivity index (χ4v) is 2.61. The molecular weight excluding hydrogens is 374 g/mol. The third kappa shape index (κ3) is 4.61. The second kappa shape index (κ2) is 8.45. The van der Waals surface area contributed by atoms with E-state index in [2.05, 4.69) is 6.07 Å². The van der Waals surface area contributed by atoms with Gasteiger partial charge < -0.3 is 4.74 Å². The molecule has 0 bridgehead atoms. The van der Waals surface area contributed by atoms with Crippen molar-refractivity contribution in [2.45, 2.75) is 0 Å². The van der Waals surface area contributed by atoms with E-state index in [1.807, 2.05) is 30.3 Å². The fraction of sp³-hybridized carbons (Fsp3) is 0. The van der Waals surface area contributed by atoms with Gasteiger partial charge >= 0.3 is 5.69 Å². The van der Waals surface area contributed by atoms with Crippen molar-refractivity contribution >= 4 is 23.0 Å². The fourth-order valence-electron chi connectivity index (χ4n) is 2.61. The molecule has 0 fully saturated rings. The molecule has 3 rings (SSSR count). The number of nitrogens with zero attached hydrogens (tertiary/aromatic N) is 3. The van der Waals surface area contributed by atoms with E-state index in [1.54, 1.807) is 30.3 Å². The number of nitriles is 1. The van der Waals surface area contributed by atoms with Gasteiger partial charge in [-0.05, 0) is 35.4 Å². The Labute approximate surface area is 165 Å². The predicted molar refractivity (Wildman–Crippen MR) is 106 cm³/mol. The Morgan fingerprint density at radius 2 is 1.69 bits per heavy atom. The molecule has 8 nitrogen and oxygen atoms in total. The van der Waals surface area contributed by atoms with Crippen LogP contribution in [0.25, 0.3) is 11.6 Å². The zero-order valence-corrected chi connectivity index (χ0v) is 14.9. The number of non-ortho nitro benzene ring substituents is 1. The van der Waals surface area contributed by atoms with E-state index in [0.717, 1.165) is 17.7 Å². The molecule has 142 valence electrons. The van der Waals surface area contributed by atoms with Crippen molar-refractivity contribution in [1.29, 1.82) is 5.26 Å². The third-order valence-corrected chi connectivity index (χ3v) is 3.95. The van der Waals surface area contributed by atoms with E-state index in [9.17, 15) is 25.5 Å². The van der Waals surface area contributed by atoms with Crippen LogP contribution in [0.4, 0.5) is 11.4 Å². The first kappa shape index (κ1) is 19.3. The van der Waals surface area contributed by atoms with Gasteiger partial charge in [0.05, 0.1) is 27.6 Å². The lowest BCUT2D eigenvalue weighted by Crippen LogP contribution is -1.96. The highest BCUT2D eigenvalue weighted by molar-refractivity contribution is 5.89. The lowest BCUT2D eigenvalue weighted by molar-refractivity contribution is -0.394. The Morgan fingerprint density at radius 1 is 0.931 bits per heavy atom. The van der Waals surface area contributed by atoms with Crippen LogP contribution in [0, 0.1) is 31.6 Å².